The summed E-state index contributed by atoms with van der Waals surface area (Å²) in [6.07, 6.45) is 7.27. The number of rotatable bonds is 11. The number of amides is 2. The van der Waals surface area contributed by atoms with Gasteiger partial charge in [-0.05, 0) is 104 Å². The molecule has 0 saturated heterocycles. The van der Waals surface area contributed by atoms with Gasteiger partial charge in [0.2, 0.25) is 0 Å². The van der Waals surface area contributed by atoms with Crippen LogP contribution in [-0.2, 0) is 36.8 Å². The first-order chi connectivity index (χ1) is 39.6. The van der Waals surface area contributed by atoms with E-state index in [-0.39, 0.29) is 76.1 Å². The van der Waals surface area contributed by atoms with Crippen LogP contribution >= 0.6 is 15.9 Å². The molecule has 2 aliphatic carbocycles. The highest BCUT2D eigenvalue weighted by atomic mass is 79.9. The number of carbonyl (C=O) groups is 2. The van der Waals surface area contributed by atoms with Crippen LogP contribution in [0.15, 0.2) is 126 Å². The average molecular weight is 1220 g/mol. The monoisotopic (exact) mass is 1220 g/mol. The number of anilines is 2. The maximum absolute atomic E-state index is 15.5. The van der Waals surface area contributed by atoms with Crippen molar-refractivity contribution in [3.8, 4) is 28.4 Å². The van der Waals surface area contributed by atoms with Crippen molar-refractivity contribution in [2.45, 2.75) is 116 Å². The maximum Gasteiger partial charge on any atom is 0.569 e. The van der Waals surface area contributed by atoms with E-state index in [9.17, 15) is 28.6 Å². The Kier molecular flexibility index (Phi) is 20.7. The minimum atomic E-state index is -0.886. The first kappa shape index (κ1) is 62.4. The van der Waals surface area contributed by atoms with Crippen LogP contribution in [0.2, 0.25) is 0 Å². The van der Waals surface area contributed by atoms with Gasteiger partial charge >= 0.3 is 7.69 Å². The van der Waals surface area contributed by atoms with Gasteiger partial charge in [0.25, 0.3) is 11.8 Å². The highest BCUT2D eigenvalue weighted by molar-refractivity contribution is 9.10. The molecule has 2 amide bonds. The van der Waals surface area contributed by atoms with Gasteiger partial charge in [-0.25, -0.2) is 17.6 Å². The molecule has 84 heavy (non-hydrogen) atoms. The van der Waals surface area contributed by atoms with E-state index in [2.05, 4.69) is 36.8 Å². The SMILES string of the molecule is C.C.Cn1cc2c(-c3cc(F)c(CN4CC(C(=O)N[C@H]5CCCC[C@@H]5O)Oc5ccccc54)c(F)c3)cccc2n1.Cn1cc2c(O[B]O)cccc2n1.O=C(N[C@H]1CCCC[C@@H]1O)C1CN(Cc2c(F)cc(Br)cc2F)c2ccccc2O1. The van der Waals surface area contributed by atoms with Crippen LogP contribution in [0.4, 0.5) is 28.9 Å². The number of halogens is 5. The number of hydrogen-bond donors (Lipinski definition) is 5. The molecule has 2 aliphatic heterocycles. The second-order valence-corrected chi connectivity index (χ2v) is 21.8. The number of carbonyl (C=O) groups excluding carboxylic acids is 2. The summed E-state index contributed by atoms with van der Waals surface area (Å²) in [6.45, 7) is 0.133. The third kappa shape index (κ3) is 14.3. The summed E-state index contributed by atoms with van der Waals surface area (Å²) in [4.78, 5) is 29.5. The highest BCUT2D eigenvalue weighted by Crippen LogP contribution is 2.38. The zero-order chi connectivity index (χ0) is 57.6. The molecule has 22 heteroatoms. The predicted molar refractivity (Wildman–Crippen MR) is 320 cm³/mol. The first-order valence-corrected chi connectivity index (χ1v) is 28.0. The fourth-order valence-electron chi connectivity index (χ4n) is 11.0. The van der Waals surface area contributed by atoms with Gasteiger partial charge in [-0.3, -0.25) is 19.0 Å². The lowest BCUT2D eigenvalue weighted by molar-refractivity contribution is -0.130. The smallest absolute Gasteiger partial charge is 0.537 e. The fraction of sp³-hybridized carbons (Fsp3) is 0.355. The van der Waals surface area contributed by atoms with Gasteiger partial charge < -0.3 is 49.8 Å². The Bertz CT molecular complexity index is 3550. The van der Waals surface area contributed by atoms with Crippen molar-refractivity contribution < 1.29 is 56.5 Å². The van der Waals surface area contributed by atoms with E-state index in [1.165, 1.54) is 24.3 Å². The van der Waals surface area contributed by atoms with Gasteiger partial charge in [-0.15, -0.1) is 0 Å². The van der Waals surface area contributed by atoms with E-state index in [4.69, 9.17) is 19.2 Å². The normalized spacial score (nSPS) is 19.7. The molecular formula is C62H69BBrF4N8O8. The topological polar surface area (TPSA) is 189 Å². The van der Waals surface area contributed by atoms with Crippen LogP contribution in [0.25, 0.3) is 32.9 Å². The molecule has 8 aromatic rings. The summed E-state index contributed by atoms with van der Waals surface area (Å²) in [5.74, 6) is -1.77. The Labute approximate surface area is 494 Å². The molecule has 4 heterocycles. The summed E-state index contributed by atoms with van der Waals surface area (Å²) in [6, 6.07) is 29.8. The highest BCUT2D eigenvalue weighted by Gasteiger charge is 2.36. The Balaban J connectivity index is 0.000000181. The minimum Gasteiger partial charge on any atom is -0.537 e. The summed E-state index contributed by atoms with van der Waals surface area (Å²) in [5.41, 5.74) is 3.88. The molecule has 443 valence electrons. The molecule has 0 bridgehead atoms. The quantitative estimate of drug-likeness (QED) is 0.0610. The van der Waals surface area contributed by atoms with Crippen molar-refractivity contribution in [3.05, 3.63) is 160 Å². The third-order valence-electron chi connectivity index (χ3n) is 15.1. The summed E-state index contributed by atoms with van der Waals surface area (Å²) >= 11 is 3.09. The van der Waals surface area contributed by atoms with Gasteiger partial charge in [-0.2, -0.15) is 10.2 Å². The molecule has 5 N–H and O–H groups in total. The maximum atomic E-state index is 15.5. The number of nitrogens with one attached hydrogen (secondary N) is 2. The number of benzene rings is 6. The molecule has 2 saturated carbocycles. The second-order valence-electron chi connectivity index (χ2n) is 20.9. The van der Waals surface area contributed by atoms with Gasteiger partial charge in [0.1, 0.15) is 40.5 Å². The largest absolute Gasteiger partial charge is 0.569 e. The Morgan fingerprint density at radius 3 is 1.56 bits per heavy atom. The Morgan fingerprint density at radius 2 is 1.07 bits per heavy atom. The third-order valence-corrected chi connectivity index (χ3v) is 15.6. The lowest BCUT2D eigenvalue weighted by Crippen LogP contribution is -2.54. The number of aromatic nitrogens is 4. The fourth-order valence-corrected chi connectivity index (χ4v) is 11.4. The lowest BCUT2D eigenvalue weighted by Gasteiger charge is -2.37. The average Bonchev–Trinajstić information content (AvgIpc) is 2.64. The molecular weight excluding hydrogens is 1150 g/mol. The number of hydrogen-bond acceptors (Lipinski definition) is 12. The predicted octanol–water partition coefficient (Wildman–Crippen LogP) is 10.4. The summed E-state index contributed by atoms with van der Waals surface area (Å²) in [7, 11) is 4.31. The van der Waals surface area contributed by atoms with Gasteiger partial charge in [0, 0.05) is 60.6 Å². The number of aliphatic hydroxyl groups excluding tert-OH is 2. The van der Waals surface area contributed by atoms with Crippen molar-refractivity contribution in [2.24, 2.45) is 14.1 Å². The molecule has 2 unspecified atom stereocenters. The minimum absolute atomic E-state index is 0. The number of aryl methyl sites for hydroxylation is 2. The van der Waals surface area contributed by atoms with Gasteiger partial charge in [0.15, 0.2) is 12.2 Å². The molecule has 6 atom stereocenters. The van der Waals surface area contributed by atoms with E-state index in [1.807, 2.05) is 68.0 Å². The second kappa shape index (κ2) is 27.8. The van der Waals surface area contributed by atoms with Crippen LogP contribution in [0.3, 0.4) is 0 Å². The van der Waals surface area contributed by atoms with E-state index in [1.54, 1.807) is 62.6 Å². The number of fused-ring (bicyclic) bond motifs is 4. The molecule has 4 aliphatic rings. The van der Waals surface area contributed by atoms with E-state index in [0.717, 1.165) is 53.9 Å². The van der Waals surface area contributed by atoms with Gasteiger partial charge in [0.05, 0.1) is 65.2 Å². The molecule has 1 radical (unpaired) electrons. The number of ether oxygens (including phenoxy) is 2. The standard InChI is InChI=1S/C30H30F2N4O3.C22H23BrF2N2O3.C8H8BN2O2.2CH4/c1-35-15-20-19(7-6-9-24(20)34-35)18-13-22(31)21(23(32)14-18)16-36-17-29(39-28-12-5-3-10-26(28)36)30(38)33-25-8-2-4-11-27(25)37;23-13-9-15(24)14(16(25)10-13)11-27-12-21(30-20-8-4-2-6-18(20)27)22(29)26-17-5-1-3-7-19(17)28;1-11-5-6-7(10-11)3-2-4-8(6)13-9-12;;/h3,5-7,9-10,12-15,25,27,29,37H,2,4,8,11,16-17H2,1H3,(H,33,38);2,4,6,8-10,17,19,21,28H,1,3,5,7,11-12H2,(H,26,29);2-5,12H,1H3;2*1H4/t25-,27-,29?;17-,19-,21?;;;/m00.../s1. The van der Waals surface area contributed by atoms with Crippen molar-refractivity contribution in [3.63, 3.8) is 0 Å². The molecule has 0 spiro atoms. The first-order valence-electron chi connectivity index (χ1n) is 27.2. The lowest BCUT2D eigenvalue weighted by atomic mass is 9.92. The van der Waals surface area contributed by atoms with Crippen molar-refractivity contribution in [1.29, 1.82) is 0 Å². The van der Waals surface area contributed by atoms with Crippen LogP contribution < -0.4 is 34.6 Å². The van der Waals surface area contributed by atoms with Crippen LogP contribution in [0.5, 0.6) is 17.2 Å². The van der Waals surface area contributed by atoms with Crippen LogP contribution in [0, 0.1) is 23.3 Å². The van der Waals surface area contributed by atoms with Crippen molar-refractivity contribution in [2.75, 3.05) is 22.9 Å². The zero-order valence-corrected chi connectivity index (χ0v) is 46.6. The van der Waals surface area contributed by atoms with Crippen molar-refractivity contribution in [1.82, 2.24) is 30.2 Å². The zero-order valence-electron chi connectivity index (χ0n) is 45.0. The molecule has 12 rings (SSSR count). The van der Waals surface area contributed by atoms with Crippen LogP contribution in [-0.4, -0.2) is 104 Å². The van der Waals surface area contributed by atoms with E-state index in [0.29, 0.717) is 71.2 Å². The molecule has 16 nitrogen and oxygen atoms in total. The Hall–Kier alpha value is -7.66. The van der Waals surface area contributed by atoms with Crippen molar-refractivity contribution >= 4 is 68.6 Å². The number of aliphatic hydroxyl groups is 2. The summed E-state index contributed by atoms with van der Waals surface area (Å²) in [5, 5.41) is 45.0. The molecule has 2 aromatic heterocycles. The number of nitrogens with zero attached hydrogens (tertiary/aromatic N) is 6. The van der Waals surface area contributed by atoms with Crippen LogP contribution in [0.1, 0.15) is 77.3 Å². The van der Waals surface area contributed by atoms with E-state index >= 15 is 8.78 Å². The molecule has 6 aromatic carbocycles. The van der Waals surface area contributed by atoms with Gasteiger partial charge in [-0.1, -0.05) is 98.9 Å². The number of para-hydroxylation sites is 4. The van der Waals surface area contributed by atoms with E-state index < -0.39 is 47.7 Å². The summed E-state index contributed by atoms with van der Waals surface area (Å²) < 4.78 is 80.3. The molecule has 2 fully saturated rings. The Morgan fingerprint density at radius 1 is 0.631 bits per heavy atom.